The number of rotatable bonds is 2. The summed E-state index contributed by atoms with van der Waals surface area (Å²) in [5, 5.41) is 6.90. The fourth-order valence-corrected chi connectivity index (χ4v) is 5.90. The van der Waals surface area contributed by atoms with E-state index in [2.05, 4.69) is 128 Å². The number of pyridine rings is 1. The lowest BCUT2D eigenvalue weighted by Gasteiger charge is -2.17. The Bertz CT molecular complexity index is 2250. The van der Waals surface area contributed by atoms with Gasteiger partial charge in [0, 0.05) is 33.0 Å². The topological polar surface area (TPSA) is 43.9 Å². The Morgan fingerprint density at radius 1 is 0.600 bits per heavy atom. The molecule has 5 aromatic carbocycles. The molecular weight excluding hydrogens is 490 g/mol. The van der Waals surface area contributed by atoms with Crippen molar-refractivity contribution in [2.24, 2.45) is 0 Å². The maximum atomic E-state index is 6.85. The molecule has 0 unspecified atom stereocenters. The molecule has 0 amide bonds. The van der Waals surface area contributed by atoms with Crippen molar-refractivity contribution in [3.8, 4) is 17.1 Å². The highest BCUT2D eigenvalue weighted by Gasteiger charge is 2.23. The lowest BCUT2D eigenvalue weighted by atomic mass is 9.92. The summed E-state index contributed by atoms with van der Waals surface area (Å²) in [5.74, 6) is 0.818. The number of furan rings is 1. The van der Waals surface area contributed by atoms with Gasteiger partial charge in [0.15, 0.2) is 11.5 Å². The predicted octanol–water partition coefficient (Wildman–Crippen LogP) is 9.59. The van der Waals surface area contributed by atoms with E-state index in [-0.39, 0.29) is 5.41 Å². The van der Waals surface area contributed by atoms with E-state index in [9.17, 15) is 0 Å². The van der Waals surface area contributed by atoms with Crippen molar-refractivity contribution >= 4 is 54.6 Å². The summed E-state index contributed by atoms with van der Waals surface area (Å²) in [6.07, 6.45) is 0. The molecular formula is C36H27N3O. The third-order valence-electron chi connectivity index (χ3n) is 7.90. The van der Waals surface area contributed by atoms with Gasteiger partial charge < -0.3 is 4.42 Å². The molecule has 8 aromatic rings. The van der Waals surface area contributed by atoms with E-state index in [0.29, 0.717) is 0 Å². The molecule has 4 nitrogen and oxygen atoms in total. The Hall–Kier alpha value is -4.96. The number of imidazole rings is 1. The van der Waals surface area contributed by atoms with Crippen LogP contribution in [0.3, 0.4) is 0 Å². The minimum absolute atomic E-state index is 0.0806. The van der Waals surface area contributed by atoms with Gasteiger partial charge in [-0.3, -0.25) is 4.57 Å². The van der Waals surface area contributed by atoms with Gasteiger partial charge in [-0.05, 0) is 52.6 Å². The minimum Gasteiger partial charge on any atom is -0.455 e. The highest BCUT2D eigenvalue weighted by molar-refractivity contribution is 6.23. The van der Waals surface area contributed by atoms with Crippen molar-refractivity contribution < 1.29 is 4.42 Å². The van der Waals surface area contributed by atoms with Crippen LogP contribution in [-0.2, 0) is 5.41 Å². The van der Waals surface area contributed by atoms with Crippen molar-refractivity contribution in [3.63, 3.8) is 0 Å². The number of hydrogen-bond donors (Lipinski definition) is 0. The number of fused-ring (bicyclic) bond motifs is 8. The smallest absolute Gasteiger partial charge is 0.165 e. The first kappa shape index (κ1) is 23.0. The van der Waals surface area contributed by atoms with Gasteiger partial charge in [0.2, 0.25) is 0 Å². The van der Waals surface area contributed by atoms with Crippen molar-refractivity contribution in [2.45, 2.75) is 26.2 Å². The van der Waals surface area contributed by atoms with E-state index in [1.807, 2.05) is 6.07 Å². The van der Waals surface area contributed by atoms with Crippen molar-refractivity contribution in [1.29, 1.82) is 0 Å². The van der Waals surface area contributed by atoms with Gasteiger partial charge in [-0.15, -0.1) is 0 Å². The fourth-order valence-electron chi connectivity index (χ4n) is 5.90. The fraction of sp³-hybridized carbons (Fsp3) is 0.111. The van der Waals surface area contributed by atoms with E-state index in [0.717, 1.165) is 61.3 Å². The van der Waals surface area contributed by atoms with E-state index in [1.165, 1.54) is 16.2 Å². The van der Waals surface area contributed by atoms with Crippen LogP contribution in [0.25, 0.3) is 71.7 Å². The molecule has 0 aliphatic heterocycles. The van der Waals surface area contributed by atoms with Crippen LogP contribution in [0.4, 0.5) is 0 Å². The van der Waals surface area contributed by atoms with Crippen molar-refractivity contribution in [2.75, 3.05) is 0 Å². The SMILES string of the molecule is CC(C)(C)c1ccc2nc(-c3cccc4c3oc3c4ccc4ccc5ccccc5c43)n(-c3ccccc3)c2n1. The summed E-state index contributed by atoms with van der Waals surface area (Å²) in [5.41, 5.74) is 6.36. The van der Waals surface area contributed by atoms with Gasteiger partial charge >= 0.3 is 0 Å². The van der Waals surface area contributed by atoms with Gasteiger partial charge in [-0.2, -0.15) is 0 Å². The predicted molar refractivity (Wildman–Crippen MR) is 165 cm³/mol. The van der Waals surface area contributed by atoms with Gasteiger partial charge in [0.1, 0.15) is 16.7 Å². The lowest BCUT2D eigenvalue weighted by Crippen LogP contribution is -2.13. The lowest BCUT2D eigenvalue weighted by molar-refractivity contribution is 0.571. The van der Waals surface area contributed by atoms with E-state index < -0.39 is 0 Å². The van der Waals surface area contributed by atoms with Crippen LogP contribution in [0.1, 0.15) is 26.5 Å². The Morgan fingerprint density at radius 2 is 1.32 bits per heavy atom. The van der Waals surface area contributed by atoms with E-state index in [1.54, 1.807) is 0 Å². The number of hydrogen-bond acceptors (Lipinski definition) is 3. The molecule has 0 fully saturated rings. The summed E-state index contributed by atoms with van der Waals surface area (Å²) in [6.45, 7) is 6.57. The summed E-state index contributed by atoms with van der Waals surface area (Å²) in [7, 11) is 0. The molecule has 4 heteroatoms. The molecule has 0 saturated carbocycles. The zero-order valence-corrected chi connectivity index (χ0v) is 22.6. The molecule has 0 radical (unpaired) electrons. The van der Waals surface area contributed by atoms with Gasteiger partial charge in [-0.1, -0.05) is 93.6 Å². The summed E-state index contributed by atoms with van der Waals surface area (Å²) < 4.78 is 9.02. The number of nitrogens with zero attached hydrogens (tertiary/aromatic N) is 3. The summed E-state index contributed by atoms with van der Waals surface area (Å²) >= 11 is 0. The van der Waals surface area contributed by atoms with Crippen LogP contribution < -0.4 is 0 Å². The highest BCUT2D eigenvalue weighted by Crippen LogP contribution is 2.41. The molecule has 0 spiro atoms. The van der Waals surface area contributed by atoms with Crippen LogP contribution in [0, 0.1) is 0 Å². The second-order valence-corrected chi connectivity index (χ2v) is 11.5. The van der Waals surface area contributed by atoms with Crippen LogP contribution >= 0.6 is 0 Å². The summed E-state index contributed by atoms with van der Waals surface area (Å²) in [6, 6.07) is 38.1. The third kappa shape index (κ3) is 3.32. The molecule has 192 valence electrons. The number of aromatic nitrogens is 3. The zero-order chi connectivity index (χ0) is 27.0. The summed E-state index contributed by atoms with van der Waals surface area (Å²) in [4.78, 5) is 10.3. The molecule has 8 rings (SSSR count). The zero-order valence-electron chi connectivity index (χ0n) is 22.6. The maximum Gasteiger partial charge on any atom is 0.165 e. The first-order valence-electron chi connectivity index (χ1n) is 13.7. The number of para-hydroxylation sites is 2. The Balaban J connectivity index is 1.48. The molecule has 0 N–H and O–H groups in total. The van der Waals surface area contributed by atoms with Crippen LogP contribution in [0.5, 0.6) is 0 Å². The molecule has 0 atom stereocenters. The Kier molecular flexibility index (Phi) is 4.75. The molecule has 0 bridgehead atoms. The number of benzene rings is 5. The maximum absolute atomic E-state index is 6.85. The van der Waals surface area contributed by atoms with Gasteiger partial charge in [0.05, 0.1) is 5.56 Å². The van der Waals surface area contributed by atoms with Crippen LogP contribution in [0.15, 0.2) is 114 Å². The van der Waals surface area contributed by atoms with Crippen molar-refractivity contribution in [3.05, 3.63) is 115 Å². The van der Waals surface area contributed by atoms with E-state index >= 15 is 0 Å². The Morgan fingerprint density at radius 3 is 2.17 bits per heavy atom. The largest absolute Gasteiger partial charge is 0.455 e. The minimum atomic E-state index is -0.0806. The van der Waals surface area contributed by atoms with Gasteiger partial charge in [-0.25, -0.2) is 9.97 Å². The quantitative estimate of drug-likeness (QED) is 0.214. The third-order valence-corrected chi connectivity index (χ3v) is 7.90. The van der Waals surface area contributed by atoms with Crippen molar-refractivity contribution in [1.82, 2.24) is 14.5 Å². The van der Waals surface area contributed by atoms with Crippen LogP contribution in [-0.4, -0.2) is 14.5 Å². The molecule has 3 heterocycles. The molecule has 0 saturated heterocycles. The van der Waals surface area contributed by atoms with Gasteiger partial charge in [0.25, 0.3) is 0 Å². The highest BCUT2D eigenvalue weighted by atomic mass is 16.3. The standard InChI is InChI=1S/C36H27N3O/c1-36(2,3)30-21-20-29-35(38-30)39(24-11-5-4-6-12-24)34(37-29)28-15-9-14-26-27-19-18-23-17-16-22-10-7-8-13-25(22)31(23)33(27)40-32(26)28/h4-21H,1-3H3. The normalized spacial score (nSPS) is 12.4. The molecule has 0 aliphatic carbocycles. The average Bonchev–Trinajstić information content (AvgIpc) is 3.55. The molecule has 40 heavy (non-hydrogen) atoms. The first-order chi connectivity index (χ1) is 19.5. The first-order valence-corrected chi connectivity index (χ1v) is 13.7. The molecule has 0 aliphatic rings. The van der Waals surface area contributed by atoms with Crippen LogP contribution in [0.2, 0.25) is 0 Å². The Labute approximate surface area is 231 Å². The monoisotopic (exact) mass is 517 g/mol. The molecule has 3 aromatic heterocycles. The second-order valence-electron chi connectivity index (χ2n) is 11.5. The van der Waals surface area contributed by atoms with E-state index in [4.69, 9.17) is 14.4 Å². The second kappa shape index (κ2) is 8.27. The average molecular weight is 518 g/mol.